The van der Waals surface area contributed by atoms with Crippen LogP contribution in [0.2, 0.25) is 0 Å². The van der Waals surface area contributed by atoms with E-state index in [0.29, 0.717) is 13.2 Å². The molecular weight excluding hydrogens is 308 g/mol. The lowest BCUT2D eigenvalue weighted by atomic mass is 10.1. The minimum Gasteiger partial charge on any atom is -0.444 e. The van der Waals surface area contributed by atoms with E-state index in [1.165, 1.54) is 0 Å². The van der Waals surface area contributed by atoms with Crippen molar-refractivity contribution in [2.24, 2.45) is 0 Å². The van der Waals surface area contributed by atoms with Crippen LogP contribution < -0.4 is 4.90 Å². The molecule has 0 bridgehead atoms. The van der Waals surface area contributed by atoms with E-state index in [1.54, 1.807) is 24.4 Å². The number of ether oxygens (including phenoxy) is 2. The van der Waals surface area contributed by atoms with E-state index in [4.69, 9.17) is 9.47 Å². The number of fused-ring (bicyclic) bond motifs is 2. The van der Waals surface area contributed by atoms with Gasteiger partial charge in [0.1, 0.15) is 12.4 Å². The Labute approximate surface area is 138 Å². The molecule has 4 rings (SSSR count). The number of aromatic nitrogens is 3. The molecule has 7 heteroatoms. The highest BCUT2D eigenvalue weighted by Gasteiger charge is 2.26. The summed E-state index contributed by atoms with van der Waals surface area (Å²) in [5.74, 6) is 0.746. The van der Waals surface area contributed by atoms with Crippen LogP contribution in [0.5, 0.6) is 0 Å². The van der Waals surface area contributed by atoms with Crippen LogP contribution in [0.25, 0.3) is 22.4 Å². The molecule has 0 aliphatic carbocycles. The van der Waals surface area contributed by atoms with E-state index in [2.05, 4.69) is 15.0 Å². The summed E-state index contributed by atoms with van der Waals surface area (Å²) in [6, 6.07) is 7.70. The fourth-order valence-corrected chi connectivity index (χ4v) is 2.81. The van der Waals surface area contributed by atoms with Gasteiger partial charge in [-0.15, -0.1) is 0 Å². The molecule has 3 heterocycles. The summed E-state index contributed by atoms with van der Waals surface area (Å²) in [5, 5.41) is 0. The maximum atomic E-state index is 12.0. The first-order chi connectivity index (χ1) is 11.8. The number of rotatable bonds is 4. The van der Waals surface area contributed by atoms with Crippen molar-refractivity contribution in [3.05, 3.63) is 42.2 Å². The quantitative estimate of drug-likeness (QED) is 0.798. The number of carbonyl (C=O) groups excluding carboxylic acids is 1. The highest BCUT2D eigenvalue weighted by atomic mass is 16.6. The van der Waals surface area contributed by atoms with Gasteiger partial charge < -0.3 is 14.5 Å². The number of imidazole rings is 1. The Morgan fingerprint density at radius 1 is 1.42 bits per heavy atom. The molecule has 2 aromatic heterocycles. The Kier molecular flexibility index (Phi) is 3.62. The smallest absolute Gasteiger partial charge is 0.414 e. The summed E-state index contributed by atoms with van der Waals surface area (Å²) in [7, 11) is 1.60. The van der Waals surface area contributed by atoms with Crippen LogP contribution in [0.3, 0.4) is 0 Å². The molecule has 7 nitrogen and oxygen atoms in total. The number of hydrogen-bond acceptors (Lipinski definition) is 5. The van der Waals surface area contributed by atoms with E-state index in [1.807, 2.05) is 24.3 Å². The predicted molar refractivity (Wildman–Crippen MR) is 88.7 cm³/mol. The average molecular weight is 324 g/mol. The Hall–Kier alpha value is -2.93. The molecule has 1 aliphatic heterocycles. The summed E-state index contributed by atoms with van der Waals surface area (Å²) in [6.07, 6.45) is 3.12. The third kappa shape index (κ3) is 2.48. The first-order valence-electron chi connectivity index (χ1n) is 7.62. The summed E-state index contributed by atoms with van der Waals surface area (Å²) >= 11 is 0. The summed E-state index contributed by atoms with van der Waals surface area (Å²) in [4.78, 5) is 25.7. The van der Waals surface area contributed by atoms with Crippen LogP contribution in [0, 0.1) is 0 Å². The largest absolute Gasteiger partial charge is 0.444 e. The number of carbonyl (C=O) groups is 1. The highest BCUT2D eigenvalue weighted by molar-refractivity contribution is 5.94. The maximum Gasteiger partial charge on any atom is 0.414 e. The first-order valence-corrected chi connectivity index (χ1v) is 7.62. The SMILES string of the molecule is COCCN1C(=O)OCc2cc3[nH]c(-c4cccnc4)nc3cc21. The van der Waals surface area contributed by atoms with E-state index in [-0.39, 0.29) is 12.7 Å². The van der Waals surface area contributed by atoms with E-state index in [9.17, 15) is 4.79 Å². The zero-order chi connectivity index (χ0) is 16.5. The summed E-state index contributed by atoms with van der Waals surface area (Å²) in [6.45, 7) is 1.14. The lowest BCUT2D eigenvalue weighted by molar-refractivity contribution is 0.137. The van der Waals surface area contributed by atoms with Gasteiger partial charge in [0.2, 0.25) is 0 Å². The average Bonchev–Trinajstić information content (AvgIpc) is 3.03. The van der Waals surface area contributed by atoms with Gasteiger partial charge in [-0.3, -0.25) is 9.88 Å². The van der Waals surface area contributed by atoms with Crippen molar-refractivity contribution >= 4 is 22.8 Å². The van der Waals surface area contributed by atoms with Gasteiger partial charge in [-0.05, 0) is 24.3 Å². The van der Waals surface area contributed by atoms with Gasteiger partial charge in [0, 0.05) is 30.6 Å². The minimum absolute atomic E-state index is 0.259. The third-order valence-electron chi connectivity index (χ3n) is 4.00. The molecule has 0 spiro atoms. The van der Waals surface area contributed by atoms with Crippen molar-refractivity contribution in [1.82, 2.24) is 15.0 Å². The number of nitrogens with one attached hydrogen (secondary N) is 1. The number of methoxy groups -OCH3 is 1. The number of cyclic esters (lactones) is 1. The van der Waals surface area contributed by atoms with Crippen molar-refractivity contribution in [3.63, 3.8) is 0 Å². The van der Waals surface area contributed by atoms with Gasteiger partial charge in [0.15, 0.2) is 0 Å². The summed E-state index contributed by atoms with van der Waals surface area (Å²) in [5.41, 5.74) is 4.37. The normalized spacial score (nSPS) is 13.9. The second-order valence-electron chi connectivity index (χ2n) is 5.52. The van der Waals surface area contributed by atoms with Gasteiger partial charge in [0.05, 0.1) is 29.9 Å². The van der Waals surface area contributed by atoms with Crippen LogP contribution >= 0.6 is 0 Å². The lowest BCUT2D eigenvalue weighted by Gasteiger charge is -2.28. The number of hydrogen-bond donors (Lipinski definition) is 1. The molecule has 24 heavy (non-hydrogen) atoms. The summed E-state index contributed by atoms with van der Waals surface area (Å²) < 4.78 is 10.3. The van der Waals surface area contributed by atoms with E-state index in [0.717, 1.165) is 33.7 Å². The standard InChI is InChI=1S/C17H16N4O3/c1-23-6-5-21-15-8-14-13(7-12(15)10-24-17(21)22)19-16(20-14)11-3-2-4-18-9-11/h2-4,7-9H,5-6,10H2,1H3,(H,19,20). The lowest BCUT2D eigenvalue weighted by Crippen LogP contribution is -2.38. The molecule has 0 fully saturated rings. The number of H-pyrrole nitrogens is 1. The predicted octanol–water partition coefficient (Wildman–Crippen LogP) is 2.73. The molecule has 0 saturated carbocycles. The van der Waals surface area contributed by atoms with Gasteiger partial charge in [0.25, 0.3) is 0 Å². The molecule has 122 valence electrons. The zero-order valence-electron chi connectivity index (χ0n) is 13.2. The van der Waals surface area contributed by atoms with Crippen LogP contribution in [-0.4, -0.2) is 41.3 Å². The van der Waals surface area contributed by atoms with Crippen LogP contribution in [0.1, 0.15) is 5.56 Å². The number of benzene rings is 1. The molecule has 0 unspecified atom stereocenters. The second kappa shape index (κ2) is 5.93. The fourth-order valence-electron chi connectivity index (χ4n) is 2.81. The van der Waals surface area contributed by atoms with Crippen LogP contribution in [0.4, 0.5) is 10.5 Å². The number of aromatic amines is 1. The minimum atomic E-state index is -0.359. The van der Waals surface area contributed by atoms with E-state index < -0.39 is 0 Å². The van der Waals surface area contributed by atoms with Gasteiger partial charge in [-0.2, -0.15) is 0 Å². The van der Waals surface area contributed by atoms with E-state index >= 15 is 0 Å². The van der Waals surface area contributed by atoms with Crippen LogP contribution in [-0.2, 0) is 16.1 Å². The highest BCUT2D eigenvalue weighted by Crippen LogP contribution is 2.32. The molecule has 3 aromatic rings. The van der Waals surface area contributed by atoms with Crippen molar-refractivity contribution in [2.75, 3.05) is 25.2 Å². The number of nitrogens with zero attached hydrogens (tertiary/aromatic N) is 3. The topological polar surface area (TPSA) is 80.3 Å². The Bertz CT molecular complexity index is 891. The van der Waals surface area contributed by atoms with Gasteiger partial charge in [-0.25, -0.2) is 9.78 Å². The maximum absolute atomic E-state index is 12.0. The second-order valence-corrected chi connectivity index (χ2v) is 5.52. The Balaban J connectivity index is 1.78. The fraction of sp³-hybridized carbons (Fsp3) is 0.235. The molecule has 0 radical (unpaired) electrons. The number of amides is 1. The molecule has 1 amide bonds. The number of pyridine rings is 1. The molecule has 1 N–H and O–H groups in total. The third-order valence-corrected chi connectivity index (χ3v) is 4.00. The monoisotopic (exact) mass is 324 g/mol. The molecule has 1 aliphatic rings. The van der Waals surface area contributed by atoms with Crippen molar-refractivity contribution < 1.29 is 14.3 Å². The molecule has 0 saturated heterocycles. The first kappa shape index (κ1) is 14.6. The zero-order valence-corrected chi connectivity index (χ0v) is 13.2. The van der Waals surface area contributed by atoms with Crippen molar-refractivity contribution in [3.8, 4) is 11.4 Å². The molecular formula is C17H16N4O3. The molecule has 0 atom stereocenters. The molecule has 1 aromatic carbocycles. The Morgan fingerprint density at radius 3 is 3.12 bits per heavy atom. The van der Waals surface area contributed by atoms with Crippen molar-refractivity contribution in [1.29, 1.82) is 0 Å². The van der Waals surface area contributed by atoms with Crippen LogP contribution in [0.15, 0.2) is 36.7 Å². The Morgan fingerprint density at radius 2 is 2.33 bits per heavy atom. The van der Waals surface area contributed by atoms with Crippen molar-refractivity contribution in [2.45, 2.75) is 6.61 Å². The number of anilines is 1. The van der Waals surface area contributed by atoms with Gasteiger partial charge >= 0.3 is 6.09 Å². The van der Waals surface area contributed by atoms with Gasteiger partial charge in [-0.1, -0.05) is 0 Å².